The summed E-state index contributed by atoms with van der Waals surface area (Å²) < 4.78 is 17.0. The van der Waals surface area contributed by atoms with Crippen LogP contribution in [0.1, 0.15) is 23.6 Å². The van der Waals surface area contributed by atoms with E-state index < -0.39 is 17.8 Å². The van der Waals surface area contributed by atoms with Crippen LogP contribution in [-0.4, -0.2) is 31.6 Å². The second kappa shape index (κ2) is 11.9. The van der Waals surface area contributed by atoms with Gasteiger partial charge in [-0.05, 0) is 73.0 Å². The number of hydrogen-bond acceptors (Lipinski definition) is 6. The molecule has 4 amide bonds. The minimum atomic E-state index is -0.820. The van der Waals surface area contributed by atoms with E-state index in [1.165, 1.54) is 6.08 Å². The van der Waals surface area contributed by atoms with Crippen molar-refractivity contribution < 1.29 is 28.6 Å². The fourth-order valence-corrected chi connectivity index (χ4v) is 4.08. The Hall–Kier alpha value is -4.85. The van der Waals surface area contributed by atoms with E-state index in [1.54, 1.807) is 43.5 Å². The summed E-state index contributed by atoms with van der Waals surface area (Å²) in [5.74, 6) is 0.349. The monoisotopic (exact) mass is 512 g/mol. The van der Waals surface area contributed by atoms with Crippen LogP contribution in [0.25, 0.3) is 6.08 Å². The molecule has 1 aliphatic rings. The van der Waals surface area contributed by atoms with Crippen LogP contribution in [0.3, 0.4) is 0 Å². The van der Waals surface area contributed by atoms with Crippen molar-refractivity contribution >= 4 is 29.6 Å². The number of urea groups is 1. The number of barbiturate groups is 1. The summed E-state index contributed by atoms with van der Waals surface area (Å²) in [7, 11) is 1.54. The van der Waals surface area contributed by atoms with Crippen LogP contribution in [0.4, 0.5) is 10.5 Å². The lowest BCUT2D eigenvalue weighted by Crippen LogP contribution is -2.54. The van der Waals surface area contributed by atoms with Crippen molar-refractivity contribution in [1.29, 1.82) is 0 Å². The molecule has 1 saturated heterocycles. The number of allylic oxidation sites excluding steroid dienone is 1. The Bertz CT molecular complexity index is 1380. The van der Waals surface area contributed by atoms with Gasteiger partial charge in [-0.25, -0.2) is 9.69 Å². The molecule has 1 N–H and O–H groups in total. The lowest BCUT2D eigenvalue weighted by atomic mass is 9.98. The number of nitrogens with one attached hydrogen (secondary N) is 1. The van der Waals surface area contributed by atoms with E-state index in [1.807, 2.05) is 43.3 Å². The molecule has 0 aliphatic carbocycles. The van der Waals surface area contributed by atoms with Gasteiger partial charge < -0.3 is 14.2 Å². The molecule has 8 nitrogen and oxygen atoms in total. The van der Waals surface area contributed by atoms with Gasteiger partial charge in [-0.2, -0.15) is 0 Å². The van der Waals surface area contributed by atoms with E-state index in [9.17, 15) is 14.4 Å². The maximum Gasteiger partial charge on any atom is 0.335 e. The normalized spacial score (nSPS) is 14.3. The molecule has 3 aromatic carbocycles. The molecule has 0 saturated carbocycles. The van der Waals surface area contributed by atoms with Gasteiger partial charge in [0.2, 0.25) is 0 Å². The van der Waals surface area contributed by atoms with Crippen molar-refractivity contribution in [2.24, 2.45) is 0 Å². The topological polar surface area (TPSA) is 94.2 Å². The van der Waals surface area contributed by atoms with Gasteiger partial charge in [0.15, 0.2) is 0 Å². The van der Waals surface area contributed by atoms with Crippen molar-refractivity contribution in [3.8, 4) is 17.2 Å². The Kier molecular flexibility index (Phi) is 8.23. The van der Waals surface area contributed by atoms with Crippen LogP contribution in [0.15, 0.2) is 85.0 Å². The maximum atomic E-state index is 13.3. The molecule has 0 aromatic heterocycles. The molecule has 0 atom stereocenters. The van der Waals surface area contributed by atoms with Crippen molar-refractivity contribution in [2.45, 2.75) is 20.0 Å². The second-order valence-corrected chi connectivity index (χ2v) is 8.34. The Labute approximate surface area is 221 Å². The van der Waals surface area contributed by atoms with Gasteiger partial charge in [-0.15, -0.1) is 6.58 Å². The first kappa shape index (κ1) is 26.2. The number of hydrogen-bond donors (Lipinski definition) is 1. The zero-order valence-corrected chi connectivity index (χ0v) is 21.2. The van der Waals surface area contributed by atoms with Crippen LogP contribution in [0.2, 0.25) is 0 Å². The number of carbonyl (C=O) groups excluding carboxylic acids is 3. The van der Waals surface area contributed by atoms with E-state index >= 15 is 0 Å². The fourth-order valence-electron chi connectivity index (χ4n) is 4.08. The highest BCUT2D eigenvalue weighted by Gasteiger charge is 2.36. The van der Waals surface area contributed by atoms with Crippen LogP contribution in [0.5, 0.6) is 17.2 Å². The number of carbonyl (C=O) groups is 3. The average Bonchev–Trinajstić information content (AvgIpc) is 2.92. The predicted octanol–water partition coefficient (Wildman–Crippen LogP) is 5.07. The smallest absolute Gasteiger partial charge is 0.335 e. The number of nitrogens with zero attached hydrogens (tertiary/aromatic N) is 1. The van der Waals surface area contributed by atoms with E-state index in [0.29, 0.717) is 41.5 Å². The van der Waals surface area contributed by atoms with Gasteiger partial charge >= 0.3 is 6.03 Å². The maximum absolute atomic E-state index is 13.3. The van der Waals surface area contributed by atoms with E-state index in [0.717, 1.165) is 16.0 Å². The first-order chi connectivity index (χ1) is 18.4. The van der Waals surface area contributed by atoms with Crippen LogP contribution in [-0.2, 0) is 22.6 Å². The SMILES string of the molecule is C=CCc1cc(/C=C2\C(=O)NC(=O)N(c3ccc(OCC)cc3)C2=O)cc(OC)c1COc1ccccc1. The number of methoxy groups -OCH3 is 1. The van der Waals surface area contributed by atoms with E-state index in [-0.39, 0.29) is 12.2 Å². The van der Waals surface area contributed by atoms with Gasteiger partial charge in [0, 0.05) is 5.56 Å². The van der Waals surface area contributed by atoms with E-state index in [2.05, 4.69) is 11.9 Å². The molecule has 194 valence electrons. The zero-order chi connectivity index (χ0) is 27.1. The van der Waals surface area contributed by atoms with Gasteiger partial charge in [0.25, 0.3) is 11.8 Å². The molecule has 1 fully saturated rings. The number of amides is 4. The quantitative estimate of drug-likeness (QED) is 0.232. The van der Waals surface area contributed by atoms with Crippen LogP contribution < -0.4 is 24.4 Å². The summed E-state index contributed by atoms with van der Waals surface area (Å²) in [6.45, 7) is 6.44. The Morgan fingerprint density at radius 3 is 2.32 bits per heavy atom. The molecule has 8 heteroatoms. The molecule has 0 spiro atoms. The highest BCUT2D eigenvalue weighted by Crippen LogP contribution is 2.30. The number of para-hydroxylation sites is 1. The summed E-state index contributed by atoms with van der Waals surface area (Å²) in [4.78, 5) is 39.5. The van der Waals surface area contributed by atoms with E-state index in [4.69, 9.17) is 14.2 Å². The number of ether oxygens (including phenoxy) is 3. The average molecular weight is 513 g/mol. The predicted molar refractivity (Wildman–Crippen MR) is 144 cm³/mol. The van der Waals surface area contributed by atoms with Crippen LogP contribution in [0, 0.1) is 0 Å². The molecule has 1 aliphatic heterocycles. The molecule has 0 radical (unpaired) electrons. The molecule has 38 heavy (non-hydrogen) atoms. The summed E-state index contributed by atoms with van der Waals surface area (Å²) in [6.07, 6.45) is 3.71. The third-order valence-corrected chi connectivity index (χ3v) is 5.85. The van der Waals surface area contributed by atoms with Crippen LogP contribution >= 0.6 is 0 Å². The third kappa shape index (κ3) is 5.75. The van der Waals surface area contributed by atoms with Crippen molar-refractivity contribution in [3.63, 3.8) is 0 Å². The molecule has 0 unspecified atom stereocenters. The number of imide groups is 2. The van der Waals surface area contributed by atoms with Gasteiger partial charge in [-0.3, -0.25) is 14.9 Å². The molecule has 1 heterocycles. The van der Waals surface area contributed by atoms with Gasteiger partial charge in [0.05, 0.1) is 19.4 Å². The van der Waals surface area contributed by atoms with Crippen molar-refractivity contribution in [3.05, 3.63) is 102 Å². The number of anilines is 1. The summed E-state index contributed by atoms with van der Waals surface area (Å²) in [5.41, 5.74) is 2.38. The summed E-state index contributed by atoms with van der Waals surface area (Å²) in [5, 5.41) is 2.25. The third-order valence-electron chi connectivity index (χ3n) is 5.85. The standard InChI is InChI=1S/C30H28N2O6/c1-4-9-21-16-20(18-27(36-3)26(21)19-38-23-10-7-6-8-11-23)17-25-28(33)31-30(35)32(29(25)34)22-12-14-24(15-13-22)37-5-2/h4,6-8,10-18H,1,5,9,19H2,2-3H3,(H,31,33,35)/b25-17+. The first-order valence-electron chi connectivity index (χ1n) is 12.1. The summed E-state index contributed by atoms with van der Waals surface area (Å²) >= 11 is 0. The fraction of sp³-hybridized carbons (Fsp3) is 0.167. The van der Waals surface area contributed by atoms with Gasteiger partial charge in [-0.1, -0.05) is 30.3 Å². The molecule has 4 rings (SSSR count). The molecule has 3 aromatic rings. The highest BCUT2D eigenvalue weighted by molar-refractivity contribution is 6.39. The lowest BCUT2D eigenvalue weighted by molar-refractivity contribution is -0.122. The Morgan fingerprint density at radius 1 is 0.947 bits per heavy atom. The summed E-state index contributed by atoms with van der Waals surface area (Å²) in [6, 6.07) is 18.6. The first-order valence-corrected chi connectivity index (χ1v) is 12.1. The largest absolute Gasteiger partial charge is 0.496 e. The van der Waals surface area contributed by atoms with Crippen molar-refractivity contribution in [1.82, 2.24) is 5.32 Å². The Morgan fingerprint density at radius 2 is 1.66 bits per heavy atom. The molecule has 0 bridgehead atoms. The highest BCUT2D eigenvalue weighted by atomic mass is 16.5. The molecular weight excluding hydrogens is 484 g/mol. The molecular formula is C30H28N2O6. The zero-order valence-electron chi connectivity index (χ0n) is 21.2. The number of rotatable bonds is 10. The lowest BCUT2D eigenvalue weighted by Gasteiger charge is -2.26. The van der Waals surface area contributed by atoms with Gasteiger partial charge in [0.1, 0.15) is 29.4 Å². The minimum absolute atomic E-state index is 0.182. The van der Waals surface area contributed by atoms with Crippen molar-refractivity contribution in [2.75, 3.05) is 18.6 Å². The second-order valence-electron chi connectivity index (χ2n) is 8.34. The number of benzene rings is 3. The Balaban J connectivity index is 1.67. The minimum Gasteiger partial charge on any atom is -0.496 e.